The molecule has 0 spiro atoms. The lowest BCUT2D eigenvalue weighted by Crippen LogP contribution is -2.26. The molecule has 0 unspecified atom stereocenters. The van der Waals surface area contributed by atoms with E-state index in [2.05, 4.69) is 5.32 Å². The van der Waals surface area contributed by atoms with Gasteiger partial charge in [-0.3, -0.25) is 0 Å². The minimum absolute atomic E-state index is 0.253. The Kier molecular flexibility index (Phi) is 2.84. The predicted octanol–water partition coefficient (Wildman–Crippen LogP) is 2.72. The molecule has 2 aromatic rings. The SMILES string of the molecule is Oc1ccc2ccc(O)c(C3CCNCC3)c2c1. The third-order valence-electron chi connectivity index (χ3n) is 3.77. The van der Waals surface area contributed by atoms with Gasteiger partial charge in [-0.25, -0.2) is 0 Å². The lowest BCUT2D eigenvalue weighted by Gasteiger charge is -2.25. The van der Waals surface area contributed by atoms with Crippen molar-refractivity contribution in [3.63, 3.8) is 0 Å². The van der Waals surface area contributed by atoms with Gasteiger partial charge in [0, 0.05) is 5.56 Å². The van der Waals surface area contributed by atoms with Gasteiger partial charge in [-0.05, 0) is 60.8 Å². The standard InChI is InChI=1S/C15H17NO2/c17-12-3-1-10-2-4-14(18)15(13(10)9-12)11-5-7-16-8-6-11/h1-4,9,11,16-18H,5-8H2. The number of fused-ring (bicyclic) bond motifs is 1. The molecule has 94 valence electrons. The van der Waals surface area contributed by atoms with Crippen molar-refractivity contribution in [2.75, 3.05) is 13.1 Å². The lowest BCUT2D eigenvalue weighted by molar-refractivity contribution is 0.427. The number of hydrogen-bond donors (Lipinski definition) is 3. The van der Waals surface area contributed by atoms with Crippen LogP contribution >= 0.6 is 0 Å². The average molecular weight is 243 g/mol. The van der Waals surface area contributed by atoms with Crippen LogP contribution in [0.3, 0.4) is 0 Å². The molecule has 3 N–H and O–H groups in total. The smallest absolute Gasteiger partial charge is 0.119 e. The third kappa shape index (κ3) is 1.91. The van der Waals surface area contributed by atoms with Gasteiger partial charge in [0.2, 0.25) is 0 Å². The summed E-state index contributed by atoms with van der Waals surface area (Å²) in [5, 5.41) is 25.2. The van der Waals surface area contributed by atoms with Crippen molar-refractivity contribution in [3.05, 3.63) is 35.9 Å². The van der Waals surface area contributed by atoms with Crippen molar-refractivity contribution >= 4 is 10.8 Å². The second kappa shape index (κ2) is 4.50. The number of aromatic hydroxyl groups is 2. The summed E-state index contributed by atoms with van der Waals surface area (Å²) in [5.41, 5.74) is 0.991. The van der Waals surface area contributed by atoms with E-state index in [9.17, 15) is 10.2 Å². The van der Waals surface area contributed by atoms with Gasteiger partial charge in [-0.1, -0.05) is 12.1 Å². The zero-order valence-corrected chi connectivity index (χ0v) is 10.2. The van der Waals surface area contributed by atoms with Gasteiger partial charge in [-0.15, -0.1) is 0 Å². The van der Waals surface area contributed by atoms with Crippen LogP contribution in [0.4, 0.5) is 0 Å². The van der Waals surface area contributed by atoms with Crippen molar-refractivity contribution in [3.8, 4) is 11.5 Å². The molecule has 1 heterocycles. The Morgan fingerprint density at radius 3 is 2.50 bits per heavy atom. The van der Waals surface area contributed by atoms with E-state index < -0.39 is 0 Å². The van der Waals surface area contributed by atoms with Crippen molar-refractivity contribution in [2.24, 2.45) is 0 Å². The molecule has 18 heavy (non-hydrogen) atoms. The summed E-state index contributed by atoms with van der Waals surface area (Å²) in [6.45, 7) is 1.97. The first-order chi connectivity index (χ1) is 8.75. The Bertz CT molecular complexity index is 569. The fourth-order valence-corrected chi connectivity index (χ4v) is 2.86. The predicted molar refractivity (Wildman–Crippen MR) is 72.1 cm³/mol. The summed E-state index contributed by atoms with van der Waals surface area (Å²) in [4.78, 5) is 0. The van der Waals surface area contributed by atoms with E-state index in [1.807, 2.05) is 12.1 Å². The molecule has 0 radical (unpaired) electrons. The first-order valence-electron chi connectivity index (χ1n) is 6.41. The van der Waals surface area contributed by atoms with Crippen LogP contribution in [0, 0.1) is 0 Å². The molecule has 0 aromatic heterocycles. The second-order valence-electron chi connectivity index (χ2n) is 4.93. The number of rotatable bonds is 1. The van der Waals surface area contributed by atoms with Crippen LogP contribution in [0.5, 0.6) is 11.5 Å². The molecule has 0 aliphatic carbocycles. The van der Waals surface area contributed by atoms with Crippen molar-refractivity contribution in [1.82, 2.24) is 5.32 Å². The summed E-state index contributed by atoms with van der Waals surface area (Å²) in [5.74, 6) is 0.972. The number of nitrogens with one attached hydrogen (secondary N) is 1. The summed E-state index contributed by atoms with van der Waals surface area (Å²) >= 11 is 0. The first-order valence-corrected chi connectivity index (χ1v) is 6.41. The fraction of sp³-hybridized carbons (Fsp3) is 0.333. The Labute approximate surface area is 106 Å². The highest BCUT2D eigenvalue weighted by molar-refractivity contribution is 5.89. The number of phenols is 2. The number of phenolic OH excluding ortho intramolecular Hbond substituents is 2. The zero-order valence-electron chi connectivity index (χ0n) is 10.2. The van der Waals surface area contributed by atoms with Crippen LogP contribution in [-0.2, 0) is 0 Å². The maximum atomic E-state index is 10.1. The van der Waals surface area contributed by atoms with Crippen LogP contribution in [0.15, 0.2) is 30.3 Å². The molecule has 3 rings (SSSR count). The molecular weight excluding hydrogens is 226 g/mol. The molecule has 0 atom stereocenters. The Morgan fingerprint density at radius 2 is 1.72 bits per heavy atom. The highest BCUT2D eigenvalue weighted by atomic mass is 16.3. The van der Waals surface area contributed by atoms with Crippen LogP contribution < -0.4 is 5.32 Å². The molecule has 0 saturated carbocycles. The van der Waals surface area contributed by atoms with Crippen molar-refractivity contribution < 1.29 is 10.2 Å². The molecule has 0 amide bonds. The molecule has 3 heteroatoms. The monoisotopic (exact) mass is 243 g/mol. The summed E-state index contributed by atoms with van der Waals surface area (Å²) in [7, 11) is 0. The van der Waals surface area contributed by atoms with E-state index in [1.54, 1.807) is 18.2 Å². The zero-order chi connectivity index (χ0) is 12.5. The van der Waals surface area contributed by atoms with Crippen LogP contribution in [0.1, 0.15) is 24.3 Å². The van der Waals surface area contributed by atoms with Crippen LogP contribution in [0.2, 0.25) is 0 Å². The minimum atomic E-state index is 0.253. The average Bonchev–Trinajstić information content (AvgIpc) is 2.39. The van der Waals surface area contributed by atoms with E-state index >= 15 is 0 Å². The molecule has 0 bridgehead atoms. The topological polar surface area (TPSA) is 52.5 Å². The van der Waals surface area contributed by atoms with Crippen LogP contribution in [0.25, 0.3) is 10.8 Å². The summed E-state index contributed by atoms with van der Waals surface area (Å²) < 4.78 is 0. The van der Waals surface area contributed by atoms with E-state index in [0.29, 0.717) is 11.7 Å². The quantitative estimate of drug-likeness (QED) is 0.722. The summed E-state index contributed by atoms with van der Waals surface area (Å²) in [6.07, 6.45) is 2.06. The van der Waals surface area contributed by atoms with E-state index in [0.717, 1.165) is 42.3 Å². The maximum absolute atomic E-state index is 10.1. The second-order valence-corrected chi connectivity index (χ2v) is 4.93. The molecule has 1 aliphatic rings. The number of benzene rings is 2. The Hall–Kier alpha value is -1.74. The van der Waals surface area contributed by atoms with Gasteiger partial charge < -0.3 is 15.5 Å². The third-order valence-corrected chi connectivity index (χ3v) is 3.77. The van der Waals surface area contributed by atoms with E-state index in [-0.39, 0.29) is 5.75 Å². The maximum Gasteiger partial charge on any atom is 0.119 e. The van der Waals surface area contributed by atoms with Gasteiger partial charge in [0.25, 0.3) is 0 Å². The van der Waals surface area contributed by atoms with Crippen molar-refractivity contribution in [1.29, 1.82) is 0 Å². The normalized spacial score (nSPS) is 17.1. The van der Waals surface area contributed by atoms with Gasteiger partial charge in [0.05, 0.1) is 0 Å². The summed E-state index contributed by atoms with van der Waals surface area (Å²) in [6, 6.07) is 9.00. The number of hydrogen-bond acceptors (Lipinski definition) is 3. The molecule has 1 saturated heterocycles. The molecule has 1 fully saturated rings. The Morgan fingerprint density at radius 1 is 1.00 bits per heavy atom. The molecule has 3 nitrogen and oxygen atoms in total. The van der Waals surface area contributed by atoms with E-state index in [4.69, 9.17) is 0 Å². The lowest BCUT2D eigenvalue weighted by atomic mass is 9.86. The molecule has 2 aromatic carbocycles. The largest absolute Gasteiger partial charge is 0.508 e. The van der Waals surface area contributed by atoms with Crippen molar-refractivity contribution in [2.45, 2.75) is 18.8 Å². The van der Waals surface area contributed by atoms with Gasteiger partial charge >= 0.3 is 0 Å². The minimum Gasteiger partial charge on any atom is -0.508 e. The van der Waals surface area contributed by atoms with Gasteiger partial charge in [-0.2, -0.15) is 0 Å². The van der Waals surface area contributed by atoms with Gasteiger partial charge in [0.1, 0.15) is 11.5 Å². The van der Waals surface area contributed by atoms with Crippen LogP contribution in [-0.4, -0.2) is 23.3 Å². The highest BCUT2D eigenvalue weighted by Gasteiger charge is 2.20. The molecule has 1 aliphatic heterocycles. The van der Waals surface area contributed by atoms with Gasteiger partial charge in [0.15, 0.2) is 0 Å². The number of piperidine rings is 1. The Balaban J connectivity index is 2.18. The fourth-order valence-electron chi connectivity index (χ4n) is 2.86. The highest BCUT2D eigenvalue weighted by Crippen LogP contribution is 2.38. The van der Waals surface area contributed by atoms with E-state index in [1.165, 1.54) is 0 Å². The molecular formula is C15H17NO2. The first kappa shape index (κ1) is 11.4.